The molecule has 3 heterocycles. The SMILES string of the molecule is O=c1nc(SCc2ccc(F)cc2)n(CCc2cccs2)cc1Cc1cncnc1. The first-order chi connectivity index (χ1) is 14.7. The van der Waals surface area contributed by atoms with Crippen molar-refractivity contribution in [1.82, 2.24) is 19.5 Å². The number of benzene rings is 1. The quantitative estimate of drug-likeness (QED) is 0.302. The van der Waals surface area contributed by atoms with Gasteiger partial charge in [-0.25, -0.2) is 14.4 Å². The van der Waals surface area contributed by atoms with Crippen LogP contribution in [0.25, 0.3) is 0 Å². The second-order valence-corrected chi connectivity index (χ2v) is 8.69. The molecule has 8 heteroatoms. The number of hydrogen-bond donors (Lipinski definition) is 0. The van der Waals surface area contributed by atoms with Gasteiger partial charge in [0.25, 0.3) is 5.56 Å². The first-order valence-electron chi connectivity index (χ1n) is 9.41. The van der Waals surface area contributed by atoms with Crippen LogP contribution in [0.4, 0.5) is 4.39 Å². The van der Waals surface area contributed by atoms with Gasteiger partial charge in [0.15, 0.2) is 5.16 Å². The largest absolute Gasteiger partial charge is 0.327 e. The van der Waals surface area contributed by atoms with E-state index in [0.717, 1.165) is 24.1 Å². The van der Waals surface area contributed by atoms with Crippen LogP contribution in [0.2, 0.25) is 0 Å². The second-order valence-electron chi connectivity index (χ2n) is 6.72. The Hall–Kier alpha value is -2.84. The molecule has 4 rings (SSSR count). The van der Waals surface area contributed by atoms with Crippen LogP contribution in [0, 0.1) is 5.82 Å². The van der Waals surface area contributed by atoms with Crippen LogP contribution in [0.5, 0.6) is 0 Å². The highest BCUT2D eigenvalue weighted by Crippen LogP contribution is 2.22. The third-order valence-electron chi connectivity index (χ3n) is 4.50. The molecule has 0 aliphatic carbocycles. The van der Waals surface area contributed by atoms with Gasteiger partial charge in [0.1, 0.15) is 12.1 Å². The number of thiophene rings is 1. The molecule has 152 valence electrons. The summed E-state index contributed by atoms with van der Waals surface area (Å²) in [6, 6.07) is 10.5. The number of aromatic nitrogens is 4. The van der Waals surface area contributed by atoms with Crippen molar-refractivity contribution in [2.45, 2.75) is 30.3 Å². The zero-order valence-electron chi connectivity index (χ0n) is 16.1. The maximum absolute atomic E-state index is 13.2. The van der Waals surface area contributed by atoms with E-state index in [0.29, 0.717) is 22.9 Å². The molecule has 4 aromatic rings. The molecule has 0 saturated carbocycles. The van der Waals surface area contributed by atoms with E-state index < -0.39 is 0 Å². The van der Waals surface area contributed by atoms with E-state index in [1.165, 1.54) is 35.1 Å². The molecule has 3 aromatic heterocycles. The molecule has 0 radical (unpaired) electrons. The van der Waals surface area contributed by atoms with E-state index in [4.69, 9.17) is 0 Å². The fraction of sp³-hybridized carbons (Fsp3) is 0.182. The van der Waals surface area contributed by atoms with E-state index in [9.17, 15) is 9.18 Å². The Morgan fingerprint density at radius 2 is 1.87 bits per heavy atom. The van der Waals surface area contributed by atoms with Crippen LogP contribution < -0.4 is 5.56 Å². The van der Waals surface area contributed by atoms with Crippen LogP contribution in [0.15, 0.2) is 76.6 Å². The van der Waals surface area contributed by atoms with Crippen molar-refractivity contribution in [2.75, 3.05) is 0 Å². The summed E-state index contributed by atoms with van der Waals surface area (Å²) in [5.41, 5.74) is 2.22. The van der Waals surface area contributed by atoms with Gasteiger partial charge in [-0.2, -0.15) is 4.98 Å². The zero-order chi connectivity index (χ0) is 20.8. The minimum Gasteiger partial charge on any atom is -0.327 e. The predicted octanol–water partition coefficient (Wildman–Crippen LogP) is 4.36. The van der Waals surface area contributed by atoms with Crippen molar-refractivity contribution < 1.29 is 4.39 Å². The number of halogens is 1. The Morgan fingerprint density at radius 1 is 1.07 bits per heavy atom. The van der Waals surface area contributed by atoms with Gasteiger partial charge in [0, 0.05) is 47.7 Å². The van der Waals surface area contributed by atoms with Crippen LogP contribution in [0.1, 0.15) is 21.6 Å². The van der Waals surface area contributed by atoms with Gasteiger partial charge in [-0.05, 0) is 41.1 Å². The zero-order valence-corrected chi connectivity index (χ0v) is 17.7. The molecule has 0 atom stereocenters. The molecule has 5 nitrogen and oxygen atoms in total. The molecular formula is C22H19FN4OS2. The Bertz CT molecular complexity index is 1150. The Balaban J connectivity index is 1.58. The molecule has 0 bridgehead atoms. The first kappa shape index (κ1) is 20.4. The molecule has 30 heavy (non-hydrogen) atoms. The van der Waals surface area contributed by atoms with Crippen LogP contribution in [-0.4, -0.2) is 19.5 Å². The smallest absolute Gasteiger partial charge is 0.277 e. The summed E-state index contributed by atoms with van der Waals surface area (Å²) < 4.78 is 15.2. The molecule has 0 fully saturated rings. The van der Waals surface area contributed by atoms with Gasteiger partial charge in [-0.1, -0.05) is 30.0 Å². The van der Waals surface area contributed by atoms with Gasteiger partial charge in [-0.3, -0.25) is 4.79 Å². The minimum absolute atomic E-state index is 0.243. The molecule has 0 spiro atoms. The summed E-state index contributed by atoms with van der Waals surface area (Å²) in [6.07, 6.45) is 8.08. The molecule has 0 amide bonds. The number of nitrogens with zero attached hydrogens (tertiary/aromatic N) is 4. The van der Waals surface area contributed by atoms with Crippen LogP contribution in [-0.2, 0) is 25.1 Å². The van der Waals surface area contributed by atoms with E-state index in [1.807, 2.05) is 16.8 Å². The molecule has 0 N–H and O–H groups in total. The summed E-state index contributed by atoms with van der Waals surface area (Å²) >= 11 is 3.20. The fourth-order valence-electron chi connectivity index (χ4n) is 2.97. The van der Waals surface area contributed by atoms with Crippen molar-refractivity contribution in [3.05, 3.63) is 104 Å². The standard InChI is InChI=1S/C22H19FN4OS2/c23-19-5-3-16(4-6-19)14-30-22-26-21(28)18(10-17-11-24-15-25-12-17)13-27(22)8-7-20-2-1-9-29-20/h1-6,9,11-13,15H,7-8,10,14H2. The van der Waals surface area contributed by atoms with E-state index in [-0.39, 0.29) is 11.4 Å². The van der Waals surface area contributed by atoms with Gasteiger partial charge >= 0.3 is 0 Å². The normalized spacial score (nSPS) is 11.0. The third kappa shape index (κ3) is 5.40. The van der Waals surface area contributed by atoms with Crippen molar-refractivity contribution in [3.8, 4) is 0 Å². The predicted molar refractivity (Wildman–Crippen MR) is 117 cm³/mol. The Morgan fingerprint density at radius 3 is 2.60 bits per heavy atom. The van der Waals surface area contributed by atoms with E-state index in [2.05, 4.69) is 26.4 Å². The number of thioether (sulfide) groups is 1. The summed E-state index contributed by atoms with van der Waals surface area (Å²) in [5.74, 6) is 0.349. The summed E-state index contributed by atoms with van der Waals surface area (Å²) in [5, 5.41) is 2.72. The average Bonchev–Trinajstić information content (AvgIpc) is 3.28. The van der Waals surface area contributed by atoms with Crippen molar-refractivity contribution in [3.63, 3.8) is 0 Å². The van der Waals surface area contributed by atoms with Gasteiger partial charge in [0.05, 0.1) is 0 Å². The van der Waals surface area contributed by atoms with E-state index >= 15 is 0 Å². The number of aryl methyl sites for hydroxylation is 2. The maximum Gasteiger partial charge on any atom is 0.277 e. The summed E-state index contributed by atoms with van der Waals surface area (Å²) in [7, 11) is 0. The summed E-state index contributed by atoms with van der Waals surface area (Å²) in [4.78, 5) is 26.3. The molecular weight excluding hydrogens is 419 g/mol. The molecule has 0 unspecified atom stereocenters. The average molecular weight is 439 g/mol. The van der Waals surface area contributed by atoms with Gasteiger partial charge in [0.2, 0.25) is 0 Å². The fourth-order valence-corrected chi connectivity index (χ4v) is 4.62. The second kappa shape index (κ2) is 9.77. The van der Waals surface area contributed by atoms with Crippen LogP contribution in [0.3, 0.4) is 0 Å². The van der Waals surface area contributed by atoms with Crippen molar-refractivity contribution in [2.24, 2.45) is 0 Å². The minimum atomic E-state index is -0.260. The molecule has 1 aromatic carbocycles. The highest BCUT2D eigenvalue weighted by atomic mass is 32.2. The molecule has 0 saturated heterocycles. The van der Waals surface area contributed by atoms with Gasteiger partial charge in [-0.15, -0.1) is 11.3 Å². The molecule has 0 aliphatic heterocycles. The number of rotatable bonds is 8. The molecule has 0 aliphatic rings. The lowest BCUT2D eigenvalue weighted by atomic mass is 10.1. The highest BCUT2D eigenvalue weighted by Gasteiger charge is 2.11. The topological polar surface area (TPSA) is 60.7 Å². The number of hydrogen-bond acceptors (Lipinski definition) is 6. The van der Waals surface area contributed by atoms with E-state index in [1.54, 1.807) is 35.9 Å². The van der Waals surface area contributed by atoms with Crippen LogP contribution >= 0.6 is 23.1 Å². The Kier molecular flexibility index (Phi) is 6.66. The van der Waals surface area contributed by atoms with Crippen molar-refractivity contribution >= 4 is 23.1 Å². The first-order valence-corrected chi connectivity index (χ1v) is 11.3. The third-order valence-corrected chi connectivity index (χ3v) is 6.50. The Labute approximate surface area is 181 Å². The monoisotopic (exact) mass is 438 g/mol. The lowest BCUT2D eigenvalue weighted by molar-refractivity contribution is 0.598. The highest BCUT2D eigenvalue weighted by molar-refractivity contribution is 7.98. The van der Waals surface area contributed by atoms with Gasteiger partial charge < -0.3 is 4.57 Å². The maximum atomic E-state index is 13.2. The van der Waals surface area contributed by atoms with Crippen molar-refractivity contribution in [1.29, 1.82) is 0 Å². The lowest BCUT2D eigenvalue weighted by Crippen LogP contribution is -2.20. The summed E-state index contributed by atoms with van der Waals surface area (Å²) in [6.45, 7) is 0.720. The lowest BCUT2D eigenvalue weighted by Gasteiger charge is -2.13.